The first-order valence-electron chi connectivity index (χ1n) is 5.59. The molecule has 19 heavy (non-hydrogen) atoms. The summed E-state index contributed by atoms with van der Waals surface area (Å²) < 4.78 is 0. The Hall–Kier alpha value is -1.78. The fourth-order valence-electron chi connectivity index (χ4n) is 1.97. The summed E-state index contributed by atoms with van der Waals surface area (Å²) in [6.07, 6.45) is 2.45. The van der Waals surface area contributed by atoms with Crippen LogP contribution in [0.5, 0.6) is 0 Å². The van der Waals surface area contributed by atoms with Gasteiger partial charge in [-0.15, -0.1) is 11.3 Å². The average molecular weight is 290 g/mol. The molecule has 0 aromatic rings. The zero-order chi connectivity index (χ0) is 13.6. The Balaban J connectivity index is 2.16. The number of hydrogen-bond donors (Lipinski definition) is 0. The number of allylic oxidation sites excluding steroid dienone is 4. The van der Waals surface area contributed by atoms with Crippen LogP contribution in [0.25, 0.3) is 16.1 Å². The molecule has 0 saturated carbocycles. The summed E-state index contributed by atoms with van der Waals surface area (Å²) >= 11 is 7.23. The van der Waals surface area contributed by atoms with Gasteiger partial charge in [-0.1, -0.05) is 17.7 Å². The lowest BCUT2D eigenvalue weighted by atomic mass is 9.97. The molecule has 94 valence electrons. The number of nitrogens with zero attached hydrogens (tertiary/aromatic N) is 1. The number of fused-ring (bicyclic) bond motifs is 1. The second-order valence-electron chi connectivity index (χ2n) is 4.23. The van der Waals surface area contributed by atoms with Gasteiger partial charge in [-0.2, -0.15) is 0 Å². The lowest BCUT2D eigenvalue weighted by molar-refractivity contribution is -0.113. The lowest BCUT2D eigenvalue weighted by Crippen LogP contribution is -2.10. The van der Waals surface area contributed by atoms with Crippen LogP contribution in [0.2, 0.25) is 0 Å². The highest BCUT2D eigenvalue weighted by Gasteiger charge is 2.24. The van der Waals surface area contributed by atoms with Gasteiger partial charge in [0.2, 0.25) is 0 Å². The molecular weight excluding hydrogens is 282 g/mol. The van der Waals surface area contributed by atoms with E-state index < -0.39 is 0 Å². The number of carbonyl (C=O) groups is 2. The van der Waals surface area contributed by atoms with Gasteiger partial charge in [0.15, 0.2) is 11.6 Å². The van der Waals surface area contributed by atoms with Crippen molar-refractivity contribution in [2.45, 2.75) is 6.92 Å². The van der Waals surface area contributed by atoms with E-state index >= 15 is 0 Å². The number of halogens is 1. The average Bonchev–Trinajstić information content (AvgIpc) is 2.76. The summed E-state index contributed by atoms with van der Waals surface area (Å²) in [7, 11) is 0. The number of hydrogen-bond acceptors (Lipinski definition) is 4. The molecule has 0 radical (unpaired) electrons. The van der Waals surface area contributed by atoms with Gasteiger partial charge in [0, 0.05) is 28.3 Å². The second kappa shape index (κ2) is 4.40. The van der Waals surface area contributed by atoms with E-state index in [9.17, 15) is 9.59 Å². The van der Waals surface area contributed by atoms with Crippen molar-refractivity contribution in [1.82, 2.24) is 4.98 Å². The van der Waals surface area contributed by atoms with Crippen molar-refractivity contribution < 1.29 is 9.59 Å². The first-order valence-corrected chi connectivity index (χ1v) is 6.85. The number of aromatic nitrogens is 1. The highest BCUT2D eigenvalue weighted by atomic mass is 35.5. The van der Waals surface area contributed by atoms with Gasteiger partial charge in [-0.05, 0) is 19.1 Å². The van der Waals surface area contributed by atoms with E-state index in [0.717, 1.165) is 22.3 Å². The fourth-order valence-corrected chi connectivity index (χ4v) is 2.89. The van der Waals surface area contributed by atoms with Crippen molar-refractivity contribution in [3.05, 3.63) is 46.0 Å². The molecular formula is C14H8ClNO2S. The van der Waals surface area contributed by atoms with Crippen molar-refractivity contribution >= 4 is 40.1 Å². The smallest absolute Gasteiger partial charge is 0.198 e. The molecule has 3 aliphatic rings. The highest BCUT2D eigenvalue weighted by molar-refractivity contribution is 7.13. The Morgan fingerprint density at radius 1 is 1.16 bits per heavy atom. The van der Waals surface area contributed by atoms with E-state index in [2.05, 4.69) is 4.98 Å². The van der Waals surface area contributed by atoms with Crippen molar-refractivity contribution in [1.29, 1.82) is 0 Å². The minimum absolute atomic E-state index is 0.0448. The minimum Gasteiger partial charge on any atom is -0.289 e. The SMILES string of the molecule is Cc1csc2ccc(C3=CC(=O)C(Cl)=CC3=O)c-2n1. The molecule has 1 aliphatic heterocycles. The summed E-state index contributed by atoms with van der Waals surface area (Å²) in [6, 6.07) is 3.72. The Kier molecular flexibility index (Phi) is 2.84. The molecule has 0 amide bonds. The van der Waals surface area contributed by atoms with Gasteiger partial charge in [0.25, 0.3) is 0 Å². The molecule has 3 nitrogen and oxygen atoms in total. The first kappa shape index (κ1) is 12.3. The third kappa shape index (κ3) is 2.03. The van der Waals surface area contributed by atoms with Crippen molar-refractivity contribution in [2.75, 3.05) is 0 Å². The van der Waals surface area contributed by atoms with Crippen molar-refractivity contribution in [2.24, 2.45) is 0 Å². The number of carbonyl (C=O) groups excluding carboxylic acids is 2. The predicted octanol–water partition coefficient (Wildman–Crippen LogP) is 3.21. The molecule has 0 fully saturated rings. The second-order valence-corrected chi connectivity index (χ2v) is 5.55. The molecule has 5 heteroatoms. The van der Waals surface area contributed by atoms with Crippen LogP contribution in [0.4, 0.5) is 0 Å². The largest absolute Gasteiger partial charge is 0.289 e. The summed E-state index contributed by atoms with van der Waals surface area (Å²) in [6.45, 7) is 1.89. The molecule has 0 bridgehead atoms. The van der Waals surface area contributed by atoms with Crippen LogP contribution in [0.15, 0.2) is 34.7 Å². The van der Waals surface area contributed by atoms with Crippen LogP contribution >= 0.6 is 22.9 Å². The van der Waals surface area contributed by atoms with Gasteiger partial charge in [0.05, 0.1) is 15.6 Å². The van der Waals surface area contributed by atoms with Crippen LogP contribution in [-0.2, 0) is 9.59 Å². The molecule has 0 saturated heterocycles. The monoisotopic (exact) mass is 289 g/mol. The van der Waals surface area contributed by atoms with Crippen LogP contribution < -0.4 is 0 Å². The molecule has 1 heterocycles. The zero-order valence-corrected chi connectivity index (χ0v) is 11.5. The van der Waals surface area contributed by atoms with E-state index in [-0.39, 0.29) is 16.6 Å². The van der Waals surface area contributed by atoms with Gasteiger partial charge < -0.3 is 0 Å². The number of aryl methyl sites for hydroxylation is 1. The third-order valence-electron chi connectivity index (χ3n) is 2.86. The van der Waals surface area contributed by atoms with E-state index in [4.69, 9.17) is 11.6 Å². The van der Waals surface area contributed by atoms with E-state index in [1.54, 1.807) is 11.3 Å². The van der Waals surface area contributed by atoms with Gasteiger partial charge in [0.1, 0.15) is 0 Å². The number of rotatable bonds is 1. The van der Waals surface area contributed by atoms with Gasteiger partial charge in [-0.25, -0.2) is 0 Å². The van der Waals surface area contributed by atoms with Crippen LogP contribution in [0.3, 0.4) is 0 Å². The summed E-state index contributed by atoms with van der Waals surface area (Å²) in [5, 5.41) is 1.90. The maximum atomic E-state index is 12.0. The molecule has 0 atom stereocenters. The molecule has 0 aromatic heterocycles. The Bertz CT molecular complexity index is 742. The van der Waals surface area contributed by atoms with Crippen molar-refractivity contribution in [3.63, 3.8) is 0 Å². The van der Waals surface area contributed by atoms with Gasteiger partial charge in [-0.3, -0.25) is 14.6 Å². The maximum absolute atomic E-state index is 12.0. The quantitative estimate of drug-likeness (QED) is 0.757. The minimum atomic E-state index is -0.345. The summed E-state index contributed by atoms with van der Waals surface area (Å²) in [5.41, 5.74) is 2.68. The van der Waals surface area contributed by atoms with E-state index in [1.807, 2.05) is 24.4 Å². The molecule has 3 rings (SSSR count). The Morgan fingerprint density at radius 2 is 1.95 bits per heavy atom. The number of ketones is 2. The van der Waals surface area contributed by atoms with Crippen LogP contribution in [0, 0.1) is 6.92 Å². The first-order chi connectivity index (χ1) is 9.06. The predicted molar refractivity (Wildman–Crippen MR) is 75.4 cm³/mol. The molecule has 0 aromatic carbocycles. The van der Waals surface area contributed by atoms with Gasteiger partial charge >= 0.3 is 0 Å². The third-order valence-corrected chi connectivity index (χ3v) is 4.20. The molecule has 2 aliphatic carbocycles. The lowest BCUT2D eigenvalue weighted by Gasteiger charge is -2.09. The van der Waals surface area contributed by atoms with Crippen LogP contribution in [0.1, 0.15) is 11.3 Å². The highest BCUT2D eigenvalue weighted by Crippen LogP contribution is 2.36. The topological polar surface area (TPSA) is 47.0 Å². The van der Waals surface area contributed by atoms with Crippen LogP contribution in [-0.4, -0.2) is 16.6 Å². The normalized spacial score (nSPS) is 15.7. The summed E-state index contributed by atoms with van der Waals surface area (Å²) in [5.74, 6) is -0.604. The molecule has 0 N–H and O–H groups in total. The fraction of sp³-hybridized carbons (Fsp3) is 0.0714. The van der Waals surface area contributed by atoms with E-state index in [0.29, 0.717) is 11.1 Å². The van der Waals surface area contributed by atoms with E-state index in [1.165, 1.54) is 6.08 Å². The Morgan fingerprint density at radius 3 is 2.74 bits per heavy atom. The summed E-state index contributed by atoms with van der Waals surface area (Å²) in [4.78, 5) is 29.0. The standard InChI is InChI=1S/C14H8ClNO2S/c1-7-6-19-13-3-2-8(14(13)16-7)9-4-12(18)10(15)5-11(9)17/h2-6H,1H3. The Labute approximate surface area is 118 Å². The zero-order valence-electron chi connectivity index (χ0n) is 9.94. The maximum Gasteiger partial charge on any atom is 0.198 e. The van der Waals surface area contributed by atoms with Crippen molar-refractivity contribution in [3.8, 4) is 10.6 Å². The molecule has 0 spiro atoms. The molecule has 0 unspecified atom stereocenters.